The number of ether oxygens (including phenoxy) is 1. The van der Waals surface area contributed by atoms with Crippen molar-refractivity contribution < 1.29 is 18.3 Å². The molecule has 0 N–H and O–H groups in total. The van der Waals surface area contributed by atoms with Gasteiger partial charge in [-0.2, -0.15) is 0 Å². The van der Waals surface area contributed by atoms with Gasteiger partial charge in [0.25, 0.3) is 6.43 Å². The SMILES string of the molecule is CCOC(=O)c1cc(Br)c(CCl)nc1C(F)F. The molecule has 0 bridgehead atoms. The van der Waals surface area contributed by atoms with Crippen LogP contribution in [0.4, 0.5) is 8.78 Å². The highest BCUT2D eigenvalue weighted by atomic mass is 79.9. The van der Waals surface area contributed by atoms with Crippen LogP contribution in [0.1, 0.15) is 35.1 Å². The molecule has 0 atom stereocenters. The number of aromatic nitrogens is 1. The number of halogens is 4. The van der Waals surface area contributed by atoms with Crippen molar-refractivity contribution in [3.05, 3.63) is 27.5 Å². The largest absolute Gasteiger partial charge is 0.462 e. The average molecular weight is 329 g/mol. The zero-order chi connectivity index (χ0) is 13.0. The van der Waals surface area contributed by atoms with Gasteiger partial charge in [-0.1, -0.05) is 0 Å². The molecule has 0 radical (unpaired) electrons. The smallest absolute Gasteiger partial charge is 0.340 e. The van der Waals surface area contributed by atoms with Crippen molar-refractivity contribution in [1.82, 2.24) is 4.98 Å². The zero-order valence-corrected chi connectivity index (χ0v) is 11.2. The highest BCUT2D eigenvalue weighted by molar-refractivity contribution is 9.10. The van der Waals surface area contributed by atoms with Crippen LogP contribution in [0.3, 0.4) is 0 Å². The van der Waals surface area contributed by atoms with E-state index in [1.807, 2.05) is 0 Å². The Hall–Kier alpha value is -0.750. The second-order valence-corrected chi connectivity index (χ2v) is 4.13. The van der Waals surface area contributed by atoms with E-state index in [2.05, 4.69) is 25.7 Å². The first-order valence-electron chi connectivity index (χ1n) is 4.71. The molecule has 17 heavy (non-hydrogen) atoms. The van der Waals surface area contributed by atoms with Gasteiger partial charge in [0.05, 0.1) is 23.7 Å². The van der Waals surface area contributed by atoms with Gasteiger partial charge in [-0.15, -0.1) is 11.6 Å². The van der Waals surface area contributed by atoms with Crippen molar-refractivity contribution in [2.75, 3.05) is 6.61 Å². The predicted octanol–water partition coefficient (Wildman–Crippen LogP) is 3.70. The third kappa shape index (κ3) is 3.35. The highest BCUT2D eigenvalue weighted by Crippen LogP contribution is 2.27. The molecule has 0 aromatic carbocycles. The summed E-state index contributed by atoms with van der Waals surface area (Å²) in [5.74, 6) is -0.847. The van der Waals surface area contributed by atoms with Crippen molar-refractivity contribution in [2.24, 2.45) is 0 Å². The molecule has 0 aliphatic rings. The minimum Gasteiger partial charge on any atom is -0.462 e. The summed E-state index contributed by atoms with van der Waals surface area (Å²) in [5, 5.41) is 0. The minimum atomic E-state index is -2.86. The quantitative estimate of drug-likeness (QED) is 0.625. The van der Waals surface area contributed by atoms with Gasteiger partial charge in [-0.25, -0.2) is 18.6 Å². The number of hydrogen-bond donors (Lipinski definition) is 0. The summed E-state index contributed by atoms with van der Waals surface area (Å²) >= 11 is 8.66. The van der Waals surface area contributed by atoms with Gasteiger partial charge in [-0.05, 0) is 28.9 Å². The zero-order valence-electron chi connectivity index (χ0n) is 8.84. The summed E-state index contributed by atoms with van der Waals surface area (Å²) in [7, 11) is 0. The first kappa shape index (κ1) is 14.3. The minimum absolute atomic E-state index is 0.0244. The van der Waals surface area contributed by atoms with E-state index in [1.54, 1.807) is 6.92 Å². The van der Waals surface area contributed by atoms with Crippen LogP contribution in [-0.2, 0) is 10.6 Å². The third-order valence-electron chi connectivity index (χ3n) is 1.91. The van der Waals surface area contributed by atoms with E-state index in [-0.39, 0.29) is 23.7 Å². The monoisotopic (exact) mass is 327 g/mol. The molecule has 0 unspecified atom stereocenters. The maximum atomic E-state index is 12.7. The van der Waals surface area contributed by atoms with Crippen molar-refractivity contribution >= 4 is 33.5 Å². The molecular formula is C10H9BrClF2NO2. The van der Waals surface area contributed by atoms with E-state index < -0.39 is 18.1 Å². The molecule has 1 rings (SSSR count). The Morgan fingerprint density at radius 1 is 1.65 bits per heavy atom. The van der Waals surface area contributed by atoms with E-state index in [1.165, 1.54) is 6.07 Å². The van der Waals surface area contributed by atoms with Crippen molar-refractivity contribution in [3.8, 4) is 0 Å². The lowest BCUT2D eigenvalue weighted by Crippen LogP contribution is -2.11. The van der Waals surface area contributed by atoms with E-state index in [0.717, 1.165) is 0 Å². The molecule has 0 aliphatic carbocycles. The Morgan fingerprint density at radius 3 is 2.76 bits per heavy atom. The average Bonchev–Trinajstić information content (AvgIpc) is 2.28. The Kier molecular flexibility index (Phi) is 5.27. The van der Waals surface area contributed by atoms with Gasteiger partial charge in [0.1, 0.15) is 5.69 Å². The second kappa shape index (κ2) is 6.26. The van der Waals surface area contributed by atoms with E-state index in [4.69, 9.17) is 11.6 Å². The molecule has 0 spiro atoms. The van der Waals surface area contributed by atoms with Gasteiger partial charge >= 0.3 is 5.97 Å². The first-order valence-corrected chi connectivity index (χ1v) is 6.04. The maximum Gasteiger partial charge on any atom is 0.340 e. The molecule has 7 heteroatoms. The lowest BCUT2D eigenvalue weighted by molar-refractivity contribution is 0.0513. The lowest BCUT2D eigenvalue weighted by atomic mass is 10.2. The number of carbonyl (C=O) groups is 1. The lowest BCUT2D eigenvalue weighted by Gasteiger charge is -2.10. The molecular weight excluding hydrogens is 319 g/mol. The first-order chi connectivity index (χ1) is 8.01. The number of carbonyl (C=O) groups excluding carboxylic acids is 1. The fourth-order valence-electron chi connectivity index (χ4n) is 1.18. The summed E-state index contributed by atoms with van der Waals surface area (Å²) < 4.78 is 30.6. The van der Waals surface area contributed by atoms with Crippen LogP contribution in [-0.4, -0.2) is 17.6 Å². The molecule has 1 heterocycles. The molecule has 0 saturated heterocycles. The summed E-state index contributed by atoms with van der Waals surface area (Å²) in [6.07, 6.45) is -2.86. The van der Waals surface area contributed by atoms with Crippen LogP contribution in [0.5, 0.6) is 0 Å². The van der Waals surface area contributed by atoms with Crippen LogP contribution < -0.4 is 0 Å². The van der Waals surface area contributed by atoms with Crippen LogP contribution in [0.2, 0.25) is 0 Å². The second-order valence-electron chi connectivity index (χ2n) is 3.00. The van der Waals surface area contributed by atoms with Gasteiger partial charge in [0.2, 0.25) is 0 Å². The number of pyridine rings is 1. The van der Waals surface area contributed by atoms with Crippen LogP contribution in [0.25, 0.3) is 0 Å². The summed E-state index contributed by atoms with van der Waals surface area (Å²) in [4.78, 5) is 15.1. The number of hydrogen-bond acceptors (Lipinski definition) is 3. The van der Waals surface area contributed by atoms with Gasteiger partial charge in [-0.3, -0.25) is 0 Å². The standard InChI is InChI=1S/C10H9BrClF2NO2/c1-2-17-10(16)5-3-6(11)7(4-12)15-8(5)9(13)14/h3,9H,2,4H2,1H3. The molecule has 3 nitrogen and oxygen atoms in total. The molecule has 0 amide bonds. The molecule has 0 fully saturated rings. The van der Waals surface area contributed by atoms with Crippen LogP contribution in [0, 0.1) is 0 Å². The van der Waals surface area contributed by atoms with Crippen LogP contribution >= 0.6 is 27.5 Å². The van der Waals surface area contributed by atoms with E-state index in [9.17, 15) is 13.6 Å². The number of nitrogens with zero attached hydrogens (tertiary/aromatic N) is 1. The topological polar surface area (TPSA) is 39.2 Å². The third-order valence-corrected chi connectivity index (χ3v) is 2.85. The van der Waals surface area contributed by atoms with E-state index in [0.29, 0.717) is 4.47 Å². The molecule has 1 aromatic heterocycles. The van der Waals surface area contributed by atoms with E-state index >= 15 is 0 Å². The van der Waals surface area contributed by atoms with Gasteiger partial charge in [0, 0.05) is 4.47 Å². The van der Waals surface area contributed by atoms with Crippen molar-refractivity contribution in [1.29, 1.82) is 0 Å². The van der Waals surface area contributed by atoms with Crippen molar-refractivity contribution in [3.63, 3.8) is 0 Å². The van der Waals surface area contributed by atoms with Gasteiger partial charge in [0.15, 0.2) is 0 Å². The fraction of sp³-hybridized carbons (Fsp3) is 0.400. The fourth-order valence-corrected chi connectivity index (χ4v) is 2.00. The molecule has 94 valence electrons. The number of esters is 1. The summed E-state index contributed by atoms with van der Waals surface area (Å²) in [5.41, 5.74) is -0.597. The Balaban J connectivity index is 3.27. The Morgan fingerprint density at radius 2 is 2.29 bits per heavy atom. The molecule has 1 aromatic rings. The number of alkyl halides is 3. The van der Waals surface area contributed by atoms with Crippen molar-refractivity contribution in [2.45, 2.75) is 19.2 Å². The maximum absolute atomic E-state index is 12.7. The predicted molar refractivity (Wildman–Crippen MR) is 62.4 cm³/mol. The van der Waals surface area contributed by atoms with Gasteiger partial charge < -0.3 is 4.74 Å². The summed E-state index contributed by atoms with van der Waals surface area (Å²) in [6, 6.07) is 1.25. The summed E-state index contributed by atoms with van der Waals surface area (Å²) in [6.45, 7) is 1.70. The number of rotatable bonds is 4. The Bertz CT molecular complexity index is 429. The highest BCUT2D eigenvalue weighted by Gasteiger charge is 2.23. The normalized spacial score (nSPS) is 10.7. The van der Waals surface area contributed by atoms with Crippen LogP contribution in [0.15, 0.2) is 10.5 Å². The molecule has 0 aliphatic heterocycles. The Labute approximate surface area is 110 Å². The molecule has 0 saturated carbocycles.